The van der Waals surface area contributed by atoms with Crippen molar-refractivity contribution >= 4 is 6.03 Å². The van der Waals surface area contributed by atoms with Crippen LogP contribution in [0, 0.1) is 5.82 Å². The van der Waals surface area contributed by atoms with Gasteiger partial charge in [0.1, 0.15) is 5.82 Å². The summed E-state index contributed by atoms with van der Waals surface area (Å²) in [5, 5.41) is 7.36. The van der Waals surface area contributed by atoms with Gasteiger partial charge in [-0.25, -0.2) is 9.18 Å². The quantitative estimate of drug-likeness (QED) is 0.677. The Morgan fingerprint density at radius 2 is 1.82 bits per heavy atom. The third-order valence-electron chi connectivity index (χ3n) is 4.83. The molecule has 3 aromatic rings. The molecule has 1 aliphatic rings. The zero-order valence-corrected chi connectivity index (χ0v) is 15.6. The fourth-order valence-electron chi connectivity index (χ4n) is 3.17. The van der Waals surface area contributed by atoms with Gasteiger partial charge in [-0.1, -0.05) is 42.5 Å². The average Bonchev–Trinajstić information content (AvgIpc) is 3.46. The maximum Gasteiger partial charge on any atom is 0.318 e. The molecule has 0 radical (unpaired) electrons. The van der Waals surface area contributed by atoms with Crippen molar-refractivity contribution < 1.29 is 9.18 Å². The summed E-state index contributed by atoms with van der Waals surface area (Å²) in [6, 6.07) is 16.6. The molecular weight excluding hydrogens is 355 g/mol. The number of carbonyl (C=O) groups excluding carboxylic acids is 1. The van der Waals surface area contributed by atoms with Crippen LogP contribution in [-0.2, 0) is 19.6 Å². The van der Waals surface area contributed by atoms with Crippen molar-refractivity contribution in [2.24, 2.45) is 0 Å². The second kappa shape index (κ2) is 8.25. The van der Waals surface area contributed by atoms with Crippen LogP contribution in [0.4, 0.5) is 9.18 Å². The number of benzene rings is 2. The molecular formula is C22H23FN4O. The van der Waals surface area contributed by atoms with E-state index >= 15 is 0 Å². The Hall–Kier alpha value is -3.15. The molecule has 1 N–H and O–H groups in total. The minimum absolute atomic E-state index is 0.0948. The third kappa shape index (κ3) is 4.76. The molecule has 1 aliphatic carbocycles. The van der Waals surface area contributed by atoms with Gasteiger partial charge in [-0.15, -0.1) is 0 Å². The van der Waals surface area contributed by atoms with E-state index in [9.17, 15) is 9.18 Å². The summed E-state index contributed by atoms with van der Waals surface area (Å²) < 4.78 is 15.0. The summed E-state index contributed by atoms with van der Waals surface area (Å²) in [7, 11) is 0. The zero-order valence-electron chi connectivity index (χ0n) is 15.6. The maximum atomic E-state index is 13.1. The highest BCUT2D eigenvalue weighted by molar-refractivity contribution is 5.75. The normalized spacial score (nSPS) is 13.3. The Balaban J connectivity index is 1.33. The average molecular weight is 378 g/mol. The van der Waals surface area contributed by atoms with E-state index in [1.807, 2.05) is 34.0 Å². The Kier molecular flexibility index (Phi) is 5.37. The van der Waals surface area contributed by atoms with Crippen LogP contribution in [0.15, 0.2) is 67.0 Å². The van der Waals surface area contributed by atoms with E-state index in [0.717, 1.165) is 24.0 Å². The third-order valence-corrected chi connectivity index (χ3v) is 4.83. The summed E-state index contributed by atoms with van der Waals surface area (Å²) in [6.07, 6.45) is 5.77. The number of amides is 2. The molecule has 0 saturated heterocycles. The second-order valence-corrected chi connectivity index (χ2v) is 7.18. The molecule has 0 spiro atoms. The van der Waals surface area contributed by atoms with E-state index in [2.05, 4.69) is 22.5 Å². The minimum Gasteiger partial charge on any atom is -0.334 e. The highest BCUT2D eigenvalue weighted by atomic mass is 19.1. The van der Waals surface area contributed by atoms with Crippen LogP contribution < -0.4 is 5.32 Å². The van der Waals surface area contributed by atoms with Crippen LogP contribution in [0.3, 0.4) is 0 Å². The van der Waals surface area contributed by atoms with Crippen LogP contribution in [0.2, 0.25) is 0 Å². The van der Waals surface area contributed by atoms with E-state index in [-0.39, 0.29) is 17.9 Å². The Labute approximate surface area is 163 Å². The van der Waals surface area contributed by atoms with Gasteiger partial charge in [0.05, 0.1) is 12.7 Å². The van der Waals surface area contributed by atoms with Gasteiger partial charge in [-0.2, -0.15) is 5.10 Å². The number of carbonyl (C=O) groups is 1. The summed E-state index contributed by atoms with van der Waals surface area (Å²) in [6.45, 7) is 1.62. The maximum absolute atomic E-state index is 13.1. The molecule has 1 heterocycles. The van der Waals surface area contributed by atoms with E-state index in [0.29, 0.717) is 19.6 Å². The minimum atomic E-state index is -0.265. The summed E-state index contributed by atoms with van der Waals surface area (Å²) in [4.78, 5) is 14.5. The molecule has 0 bridgehead atoms. The molecule has 1 aromatic heterocycles. The van der Waals surface area contributed by atoms with E-state index in [4.69, 9.17) is 0 Å². The Bertz CT molecular complexity index is 919. The van der Waals surface area contributed by atoms with E-state index < -0.39 is 0 Å². The molecule has 2 amide bonds. The predicted molar refractivity (Wildman–Crippen MR) is 105 cm³/mol. The second-order valence-electron chi connectivity index (χ2n) is 7.18. The van der Waals surface area contributed by atoms with Crippen molar-refractivity contribution in [3.8, 4) is 0 Å². The van der Waals surface area contributed by atoms with Gasteiger partial charge in [-0.3, -0.25) is 4.68 Å². The predicted octanol–water partition coefficient (Wildman–Crippen LogP) is 3.94. The van der Waals surface area contributed by atoms with Crippen LogP contribution in [-0.4, -0.2) is 26.8 Å². The molecule has 1 saturated carbocycles. The summed E-state index contributed by atoms with van der Waals surface area (Å²) in [5.74, 6) is -0.265. The summed E-state index contributed by atoms with van der Waals surface area (Å²) >= 11 is 0. The van der Waals surface area contributed by atoms with Crippen molar-refractivity contribution in [2.75, 3.05) is 0 Å². The van der Waals surface area contributed by atoms with Gasteiger partial charge in [0, 0.05) is 30.9 Å². The Morgan fingerprint density at radius 1 is 1.07 bits per heavy atom. The number of nitrogens with one attached hydrogen (secondary N) is 1. The van der Waals surface area contributed by atoms with E-state index in [1.165, 1.54) is 17.7 Å². The van der Waals surface area contributed by atoms with Gasteiger partial charge in [0.25, 0.3) is 0 Å². The number of nitrogens with zero attached hydrogens (tertiary/aromatic N) is 3. The van der Waals surface area contributed by atoms with Crippen molar-refractivity contribution in [1.82, 2.24) is 20.0 Å². The lowest BCUT2D eigenvalue weighted by Gasteiger charge is -2.23. The first-order valence-corrected chi connectivity index (χ1v) is 9.51. The molecule has 6 heteroatoms. The molecule has 0 unspecified atom stereocenters. The first-order valence-electron chi connectivity index (χ1n) is 9.51. The van der Waals surface area contributed by atoms with Crippen LogP contribution >= 0.6 is 0 Å². The SMILES string of the molecule is O=C(NCc1cnn(Cc2ccccc2)c1)N(Cc1ccc(F)cc1)C1CC1. The monoisotopic (exact) mass is 378 g/mol. The largest absolute Gasteiger partial charge is 0.334 e. The highest BCUT2D eigenvalue weighted by Gasteiger charge is 2.32. The fourth-order valence-corrected chi connectivity index (χ4v) is 3.17. The molecule has 2 aromatic carbocycles. The highest BCUT2D eigenvalue weighted by Crippen LogP contribution is 2.28. The summed E-state index contributed by atoms with van der Waals surface area (Å²) in [5.41, 5.74) is 3.07. The van der Waals surface area contributed by atoms with Gasteiger partial charge in [0.2, 0.25) is 0 Å². The Morgan fingerprint density at radius 3 is 2.54 bits per heavy atom. The van der Waals surface area contributed by atoms with Crippen molar-refractivity contribution in [1.29, 1.82) is 0 Å². The molecule has 5 nitrogen and oxygen atoms in total. The van der Waals surface area contributed by atoms with Gasteiger partial charge in [-0.05, 0) is 36.1 Å². The fraction of sp³-hybridized carbons (Fsp3) is 0.273. The molecule has 144 valence electrons. The first-order chi connectivity index (χ1) is 13.7. The number of hydrogen-bond acceptors (Lipinski definition) is 2. The number of aromatic nitrogens is 2. The van der Waals surface area contributed by atoms with Gasteiger partial charge in [0.15, 0.2) is 0 Å². The lowest BCUT2D eigenvalue weighted by Crippen LogP contribution is -2.40. The lowest BCUT2D eigenvalue weighted by molar-refractivity contribution is 0.191. The molecule has 0 aliphatic heterocycles. The van der Waals surface area contributed by atoms with Crippen molar-refractivity contribution in [3.05, 3.63) is 89.5 Å². The molecule has 1 fully saturated rings. The number of hydrogen-bond donors (Lipinski definition) is 1. The van der Waals surface area contributed by atoms with Crippen LogP contribution in [0.1, 0.15) is 29.5 Å². The van der Waals surface area contributed by atoms with Crippen molar-refractivity contribution in [2.45, 2.75) is 38.5 Å². The molecule has 4 rings (SSSR count). The number of urea groups is 1. The zero-order chi connectivity index (χ0) is 19.3. The van der Waals surface area contributed by atoms with Crippen LogP contribution in [0.25, 0.3) is 0 Å². The van der Waals surface area contributed by atoms with Crippen molar-refractivity contribution in [3.63, 3.8) is 0 Å². The van der Waals surface area contributed by atoms with Gasteiger partial charge < -0.3 is 10.2 Å². The van der Waals surface area contributed by atoms with Gasteiger partial charge >= 0.3 is 6.03 Å². The standard InChI is InChI=1S/C22H23FN4O/c23-20-8-6-18(7-9-20)16-27(21-10-11-21)22(28)24-12-19-13-25-26(15-19)14-17-4-2-1-3-5-17/h1-9,13,15,21H,10-12,14,16H2,(H,24,28). The number of halogens is 1. The van der Waals surface area contributed by atoms with Crippen LogP contribution in [0.5, 0.6) is 0 Å². The first kappa shape index (κ1) is 18.2. The topological polar surface area (TPSA) is 50.2 Å². The lowest BCUT2D eigenvalue weighted by atomic mass is 10.2. The van der Waals surface area contributed by atoms with E-state index in [1.54, 1.807) is 18.3 Å². The smallest absolute Gasteiger partial charge is 0.318 e. The molecule has 28 heavy (non-hydrogen) atoms. The molecule has 0 atom stereocenters. The number of rotatable bonds is 7.